The van der Waals surface area contributed by atoms with Gasteiger partial charge in [0.15, 0.2) is 0 Å². The summed E-state index contributed by atoms with van der Waals surface area (Å²) in [6, 6.07) is 0. The Balaban J connectivity index is 4.22. The van der Waals surface area contributed by atoms with E-state index in [0.29, 0.717) is 6.54 Å². The maximum atomic E-state index is 5.64. The van der Waals surface area contributed by atoms with E-state index in [9.17, 15) is 0 Å². The van der Waals surface area contributed by atoms with Crippen molar-refractivity contribution >= 4 is 0 Å². The summed E-state index contributed by atoms with van der Waals surface area (Å²) in [7, 11) is 0. The van der Waals surface area contributed by atoms with Gasteiger partial charge in [-0.1, -0.05) is 18.7 Å². The molecule has 3 heteroatoms. The molecule has 80 valence electrons. The van der Waals surface area contributed by atoms with Crippen molar-refractivity contribution < 1.29 is 0 Å². The fraction of sp³-hybridized carbons (Fsp3) is 0.455. The third-order valence-corrected chi connectivity index (χ3v) is 2.15. The number of hydrogen-bond acceptors (Lipinski definition) is 3. The second kappa shape index (κ2) is 6.27. The van der Waals surface area contributed by atoms with Crippen LogP contribution in [0.25, 0.3) is 0 Å². The zero-order valence-electron chi connectivity index (χ0n) is 9.14. The van der Waals surface area contributed by atoms with Gasteiger partial charge >= 0.3 is 0 Å². The first-order valence-corrected chi connectivity index (χ1v) is 4.71. The van der Waals surface area contributed by atoms with Crippen molar-refractivity contribution in [3.05, 3.63) is 36.2 Å². The van der Waals surface area contributed by atoms with Crippen LogP contribution < -0.4 is 16.8 Å². The maximum Gasteiger partial charge on any atom is 0.0522 e. The quantitative estimate of drug-likeness (QED) is 0.439. The van der Waals surface area contributed by atoms with Crippen molar-refractivity contribution in [3.63, 3.8) is 0 Å². The number of nitrogens with one attached hydrogen (secondary N) is 1. The Bertz CT molecular complexity index is 237. The summed E-state index contributed by atoms with van der Waals surface area (Å²) in [6.45, 7) is 12.7. The van der Waals surface area contributed by atoms with Crippen LogP contribution in [0.15, 0.2) is 36.2 Å². The maximum absolute atomic E-state index is 5.64. The Kier molecular flexibility index (Phi) is 5.72. The third kappa shape index (κ3) is 4.14. The molecule has 0 aromatic rings. The van der Waals surface area contributed by atoms with Gasteiger partial charge in [-0.2, -0.15) is 0 Å². The van der Waals surface area contributed by atoms with E-state index >= 15 is 0 Å². The molecule has 0 aliphatic heterocycles. The first-order chi connectivity index (χ1) is 6.52. The van der Waals surface area contributed by atoms with Crippen molar-refractivity contribution in [2.75, 3.05) is 13.1 Å². The highest BCUT2D eigenvalue weighted by molar-refractivity contribution is 5.19. The minimum absolute atomic E-state index is 0.282. The monoisotopic (exact) mass is 195 g/mol. The van der Waals surface area contributed by atoms with Crippen LogP contribution in [0.5, 0.6) is 0 Å². The predicted octanol–water partition coefficient (Wildman–Crippen LogP) is 1.10. The summed E-state index contributed by atoms with van der Waals surface area (Å²) < 4.78 is 0. The standard InChI is InChI=1S/C11H21N3/c1-5-11(9(4)13)14-7-10(6-12)8(2)3/h5,10,14H,1-2,6-7,12-13H2,3-4H3/b11-9+. The highest BCUT2D eigenvalue weighted by atomic mass is 14.9. The zero-order valence-corrected chi connectivity index (χ0v) is 9.14. The molecule has 5 N–H and O–H groups in total. The molecule has 0 fully saturated rings. The van der Waals surface area contributed by atoms with Crippen LogP contribution in [-0.2, 0) is 0 Å². The molecular formula is C11H21N3. The molecule has 0 aromatic heterocycles. The van der Waals surface area contributed by atoms with E-state index < -0.39 is 0 Å². The third-order valence-electron chi connectivity index (χ3n) is 2.15. The molecule has 0 aromatic carbocycles. The van der Waals surface area contributed by atoms with E-state index in [1.807, 2.05) is 13.8 Å². The van der Waals surface area contributed by atoms with Crippen LogP contribution in [0.3, 0.4) is 0 Å². The van der Waals surface area contributed by atoms with Crippen LogP contribution in [0.2, 0.25) is 0 Å². The van der Waals surface area contributed by atoms with Gasteiger partial charge in [-0.05, 0) is 19.9 Å². The second-order valence-corrected chi connectivity index (χ2v) is 3.46. The average Bonchev–Trinajstić information content (AvgIpc) is 2.11. The van der Waals surface area contributed by atoms with Crippen molar-refractivity contribution in [2.24, 2.45) is 17.4 Å². The lowest BCUT2D eigenvalue weighted by Crippen LogP contribution is -2.29. The lowest BCUT2D eigenvalue weighted by molar-refractivity contribution is 0.584. The number of hydrogen-bond donors (Lipinski definition) is 3. The van der Waals surface area contributed by atoms with Crippen LogP contribution in [-0.4, -0.2) is 13.1 Å². The lowest BCUT2D eigenvalue weighted by atomic mass is 10.0. The fourth-order valence-electron chi connectivity index (χ4n) is 1.06. The van der Waals surface area contributed by atoms with Gasteiger partial charge in [0.1, 0.15) is 0 Å². The van der Waals surface area contributed by atoms with Gasteiger partial charge in [0.2, 0.25) is 0 Å². The van der Waals surface area contributed by atoms with Gasteiger partial charge < -0.3 is 16.8 Å². The molecule has 0 bridgehead atoms. The predicted molar refractivity (Wildman–Crippen MR) is 62.4 cm³/mol. The molecule has 1 unspecified atom stereocenters. The molecule has 0 radical (unpaired) electrons. The van der Waals surface area contributed by atoms with Crippen molar-refractivity contribution in [1.82, 2.24) is 5.32 Å². The number of nitrogens with two attached hydrogens (primary N) is 2. The normalized spacial score (nSPS) is 14.2. The first kappa shape index (κ1) is 12.8. The minimum atomic E-state index is 0.282. The second-order valence-electron chi connectivity index (χ2n) is 3.46. The van der Waals surface area contributed by atoms with Crippen LogP contribution in [0.1, 0.15) is 13.8 Å². The van der Waals surface area contributed by atoms with Crippen LogP contribution >= 0.6 is 0 Å². The molecule has 0 amide bonds. The molecule has 0 spiro atoms. The first-order valence-electron chi connectivity index (χ1n) is 4.71. The van der Waals surface area contributed by atoms with E-state index in [4.69, 9.17) is 11.5 Å². The Hall–Kier alpha value is -1.22. The molecule has 0 rings (SSSR count). The summed E-state index contributed by atoms with van der Waals surface area (Å²) in [5, 5.41) is 3.20. The Morgan fingerprint density at radius 1 is 1.50 bits per heavy atom. The summed E-state index contributed by atoms with van der Waals surface area (Å²) >= 11 is 0. The van der Waals surface area contributed by atoms with E-state index in [0.717, 1.165) is 23.5 Å². The van der Waals surface area contributed by atoms with E-state index in [1.54, 1.807) is 6.08 Å². The minimum Gasteiger partial charge on any atom is -0.401 e. The van der Waals surface area contributed by atoms with E-state index in [-0.39, 0.29) is 5.92 Å². The molecule has 0 aliphatic carbocycles. The van der Waals surface area contributed by atoms with Crippen molar-refractivity contribution in [1.29, 1.82) is 0 Å². The largest absolute Gasteiger partial charge is 0.401 e. The van der Waals surface area contributed by atoms with Gasteiger partial charge in [0.05, 0.1) is 5.70 Å². The molecule has 3 nitrogen and oxygen atoms in total. The lowest BCUT2D eigenvalue weighted by Gasteiger charge is -2.17. The highest BCUT2D eigenvalue weighted by Gasteiger charge is 2.06. The molecule has 0 saturated heterocycles. The smallest absolute Gasteiger partial charge is 0.0522 e. The summed E-state index contributed by atoms with van der Waals surface area (Å²) in [4.78, 5) is 0. The number of rotatable bonds is 6. The summed E-state index contributed by atoms with van der Waals surface area (Å²) in [5.74, 6) is 0.282. The molecular weight excluding hydrogens is 174 g/mol. The van der Waals surface area contributed by atoms with E-state index in [2.05, 4.69) is 18.5 Å². The summed E-state index contributed by atoms with van der Waals surface area (Å²) in [5.41, 5.74) is 13.9. The zero-order chi connectivity index (χ0) is 11.1. The molecule has 1 atom stereocenters. The van der Waals surface area contributed by atoms with Gasteiger partial charge in [-0.25, -0.2) is 0 Å². The molecule has 0 saturated carbocycles. The van der Waals surface area contributed by atoms with Gasteiger partial charge in [-0.15, -0.1) is 0 Å². The van der Waals surface area contributed by atoms with E-state index in [1.165, 1.54) is 0 Å². The Labute approximate surface area is 86.5 Å². The van der Waals surface area contributed by atoms with Gasteiger partial charge in [0.25, 0.3) is 0 Å². The summed E-state index contributed by atoms with van der Waals surface area (Å²) in [6.07, 6.45) is 1.71. The average molecular weight is 195 g/mol. The van der Waals surface area contributed by atoms with Crippen molar-refractivity contribution in [2.45, 2.75) is 13.8 Å². The topological polar surface area (TPSA) is 64.1 Å². The van der Waals surface area contributed by atoms with Crippen LogP contribution in [0.4, 0.5) is 0 Å². The SMILES string of the molecule is C=C/C(NCC(CN)C(=C)C)=C(/C)N. The van der Waals surface area contributed by atoms with Crippen LogP contribution in [0, 0.1) is 5.92 Å². The van der Waals surface area contributed by atoms with Crippen molar-refractivity contribution in [3.8, 4) is 0 Å². The highest BCUT2D eigenvalue weighted by Crippen LogP contribution is 2.06. The van der Waals surface area contributed by atoms with Gasteiger partial charge in [-0.3, -0.25) is 0 Å². The Morgan fingerprint density at radius 2 is 2.07 bits per heavy atom. The Morgan fingerprint density at radius 3 is 2.36 bits per heavy atom. The molecule has 14 heavy (non-hydrogen) atoms. The fourth-order valence-corrected chi connectivity index (χ4v) is 1.06. The molecule has 0 aliphatic rings. The van der Waals surface area contributed by atoms with Gasteiger partial charge in [0, 0.05) is 24.7 Å². The molecule has 0 heterocycles. The number of allylic oxidation sites excluding steroid dienone is 2.